The van der Waals surface area contributed by atoms with Crippen LogP contribution in [-0.2, 0) is 4.74 Å². The van der Waals surface area contributed by atoms with Crippen LogP contribution in [0.25, 0.3) is 10.8 Å². The number of pyridine rings is 1. The van der Waals surface area contributed by atoms with Gasteiger partial charge in [-0.05, 0) is 36.1 Å². The smallest absolute Gasteiger partial charge is 0.356 e. The summed E-state index contributed by atoms with van der Waals surface area (Å²) in [5.74, 6) is -0.956. The molecule has 0 saturated carbocycles. The topological polar surface area (TPSA) is 39.2 Å². The van der Waals surface area contributed by atoms with Crippen molar-refractivity contribution in [2.24, 2.45) is 0 Å². The number of ether oxygens (including phenoxy) is 1. The van der Waals surface area contributed by atoms with Crippen LogP contribution in [0, 0.1) is 12.7 Å². The average molecular weight is 254 g/mol. The van der Waals surface area contributed by atoms with Crippen molar-refractivity contribution in [3.8, 4) is 0 Å². The molecule has 0 N–H and O–H groups in total. The van der Waals surface area contributed by atoms with Crippen LogP contribution >= 0.6 is 11.6 Å². The van der Waals surface area contributed by atoms with E-state index in [0.29, 0.717) is 16.3 Å². The normalized spacial score (nSPS) is 10.6. The molecule has 17 heavy (non-hydrogen) atoms. The Labute approximate surface area is 102 Å². The zero-order valence-corrected chi connectivity index (χ0v) is 10.0. The second-order valence-corrected chi connectivity index (χ2v) is 3.97. The third-order valence-corrected chi connectivity index (χ3v) is 2.76. The van der Waals surface area contributed by atoms with Crippen LogP contribution in [0.5, 0.6) is 0 Å². The van der Waals surface area contributed by atoms with E-state index in [2.05, 4.69) is 9.72 Å². The van der Waals surface area contributed by atoms with Crippen molar-refractivity contribution in [3.63, 3.8) is 0 Å². The summed E-state index contributed by atoms with van der Waals surface area (Å²) in [5.41, 5.74) is 0.800. The molecule has 5 heteroatoms. The van der Waals surface area contributed by atoms with Crippen LogP contribution in [0.1, 0.15) is 16.1 Å². The molecule has 0 aliphatic heterocycles. The lowest BCUT2D eigenvalue weighted by Crippen LogP contribution is -2.04. The van der Waals surface area contributed by atoms with Gasteiger partial charge in [-0.15, -0.1) is 0 Å². The van der Waals surface area contributed by atoms with E-state index in [1.165, 1.54) is 19.2 Å². The van der Waals surface area contributed by atoms with Gasteiger partial charge in [0.1, 0.15) is 11.0 Å². The van der Waals surface area contributed by atoms with E-state index in [4.69, 9.17) is 11.6 Å². The number of hydrogen-bond donors (Lipinski definition) is 0. The molecule has 0 unspecified atom stereocenters. The molecule has 2 rings (SSSR count). The highest BCUT2D eigenvalue weighted by Crippen LogP contribution is 2.26. The minimum atomic E-state index is -0.572. The van der Waals surface area contributed by atoms with Gasteiger partial charge in [-0.25, -0.2) is 14.2 Å². The Morgan fingerprint density at radius 1 is 1.35 bits per heavy atom. The first-order chi connectivity index (χ1) is 8.02. The first kappa shape index (κ1) is 11.8. The van der Waals surface area contributed by atoms with Crippen LogP contribution in [0.4, 0.5) is 4.39 Å². The molecule has 0 radical (unpaired) electrons. The van der Waals surface area contributed by atoms with Gasteiger partial charge in [-0.3, -0.25) is 0 Å². The Morgan fingerprint density at radius 2 is 2.06 bits per heavy atom. The zero-order chi connectivity index (χ0) is 12.6. The van der Waals surface area contributed by atoms with Gasteiger partial charge >= 0.3 is 5.97 Å². The van der Waals surface area contributed by atoms with E-state index < -0.39 is 5.97 Å². The highest BCUT2D eigenvalue weighted by molar-refractivity contribution is 6.34. The Bertz CT molecular complexity index is 613. The standard InChI is InChI=1S/C12H9ClFNO2/c1-6-3-7(14)4-9-8(6)5-10(12(16)17-2)15-11(9)13/h3-5H,1-2H3. The molecule has 0 amide bonds. The van der Waals surface area contributed by atoms with Crippen molar-refractivity contribution < 1.29 is 13.9 Å². The van der Waals surface area contributed by atoms with Gasteiger partial charge in [0.15, 0.2) is 5.69 Å². The van der Waals surface area contributed by atoms with E-state index in [1.54, 1.807) is 13.0 Å². The molecule has 1 aromatic heterocycles. The van der Waals surface area contributed by atoms with E-state index in [0.717, 1.165) is 0 Å². The van der Waals surface area contributed by atoms with Gasteiger partial charge in [-0.1, -0.05) is 11.6 Å². The lowest BCUT2D eigenvalue weighted by atomic mass is 10.1. The molecule has 1 aromatic carbocycles. The molecule has 0 aliphatic carbocycles. The fourth-order valence-corrected chi connectivity index (χ4v) is 1.91. The van der Waals surface area contributed by atoms with Gasteiger partial charge in [-0.2, -0.15) is 0 Å². The van der Waals surface area contributed by atoms with Crippen LogP contribution < -0.4 is 0 Å². The molecule has 0 atom stereocenters. The van der Waals surface area contributed by atoms with E-state index in [9.17, 15) is 9.18 Å². The lowest BCUT2D eigenvalue weighted by Gasteiger charge is -2.06. The quantitative estimate of drug-likeness (QED) is 0.579. The molecule has 0 aliphatic rings. The molecule has 3 nitrogen and oxygen atoms in total. The Kier molecular flexibility index (Phi) is 2.98. The molecule has 0 saturated heterocycles. The summed E-state index contributed by atoms with van der Waals surface area (Å²) < 4.78 is 17.8. The van der Waals surface area contributed by atoms with Crippen LogP contribution in [0.2, 0.25) is 5.15 Å². The molecule has 1 heterocycles. The number of halogens is 2. The molecule has 0 bridgehead atoms. The Hall–Kier alpha value is -1.68. The predicted octanol–water partition coefficient (Wildman–Crippen LogP) is 3.12. The second-order valence-electron chi connectivity index (χ2n) is 3.61. The number of nitrogens with zero attached hydrogens (tertiary/aromatic N) is 1. The third kappa shape index (κ3) is 2.08. The van der Waals surface area contributed by atoms with Gasteiger partial charge in [0.05, 0.1) is 7.11 Å². The number of rotatable bonds is 1. The summed E-state index contributed by atoms with van der Waals surface area (Å²) in [7, 11) is 1.26. The van der Waals surface area contributed by atoms with E-state index in [1.807, 2.05) is 0 Å². The molecular formula is C12H9ClFNO2. The number of benzene rings is 1. The van der Waals surface area contributed by atoms with Gasteiger partial charge < -0.3 is 4.74 Å². The van der Waals surface area contributed by atoms with E-state index >= 15 is 0 Å². The van der Waals surface area contributed by atoms with E-state index in [-0.39, 0.29) is 16.7 Å². The monoisotopic (exact) mass is 253 g/mol. The summed E-state index contributed by atoms with van der Waals surface area (Å²) in [6.07, 6.45) is 0. The number of fused-ring (bicyclic) bond motifs is 1. The maximum Gasteiger partial charge on any atom is 0.356 e. The van der Waals surface area contributed by atoms with Gasteiger partial charge in [0, 0.05) is 5.39 Å². The molecular weight excluding hydrogens is 245 g/mol. The number of carbonyl (C=O) groups is 1. The van der Waals surface area contributed by atoms with Crippen molar-refractivity contribution in [2.75, 3.05) is 7.11 Å². The molecule has 0 spiro atoms. The predicted molar refractivity (Wildman–Crippen MR) is 62.8 cm³/mol. The largest absolute Gasteiger partial charge is 0.464 e. The summed E-state index contributed by atoms with van der Waals surface area (Å²) in [4.78, 5) is 15.2. The summed E-state index contributed by atoms with van der Waals surface area (Å²) in [6.45, 7) is 1.74. The third-order valence-electron chi connectivity index (χ3n) is 2.47. The molecule has 88 valence electrons. The number of methoxy groups -OCH3 is 1. The van der Waals surface area contributed by atoms with Gasteiger partial charge in [0.25, 0.3) is 0 Å². The van der Waals surface area contributed by atoms with Crippen molar-refractivity contribution in [3.05, 3.63) is 40.4 Å². The number of aryl methyl sites for hydroxylation is 1. The maximum atomic E-state index is 13.2. The fraction of sp³-hybridized carbons (Fsp3) is 0.167. The number of carbonyl (C=O) groups excluding carboxylic acids is 1. The molecule has 2 aromatic rings. The summed E-state index contributed by atoms with van der Waals surface area (Å²) in [5, 5.41) is 1.26. The minimum absolute atomic E-state index is 0.0884. The SMILES string of the molecule is COC(=O)c1cc2c(C)cc(F)cc2c(Cl)n1. The highest BCUT2D eigenvalue weighted by atomic mass is 35.5. The van der Waals surface area contributed by atoms with Crippen LogP contribution in [-0.4, -0.2) is 18.1 Å². The van der Waals surface area contributed by atoms with Crippen LogP contribution in [0.15, 0.2) is 18.2 Å². The number of hydrogen-bond acceptors (Lipinski definition) is 3. The first-order valence-corrected chi connectivity index (χ1v) is 5.25. The highest BCUT2D eigenvalue weighted by Gasteiger charge is 2.13. The lowest BCUT2D eigenvalue weighted by molar-refractivity contribution is 0.0594. The van der Waals surface area contributed by atoms with Crippen molar-refractivity contribution in [2.45, 2.75) is 6.92 Å². The summed E-state index contributed by atoms with van der Waals surface area (Å²) in [6, 6.07) is 4.21. The maximum absolute atomic E-state index is 13.2. The Balaban J connectivity index is 2.77. The van der Waals surface area contributed by atoms with Gasteiger partial charge in [0.2, 0.25) is 0 Å². The fourth-order valence-electron chi connectivity index (χ4n) is 1.66. The minimum Gasteiger partial charge on any atom is -0.464 e. The Morgan fingerprint density at radius 3 is 2.71 bits per heavy atom. The van der Waals surface area contributed by atoms with Crippen molar-refractivity contribution >= 4 is 28.3 Å². The van der Waals surface area contributed by atoms with Crippen molar-refractivity contribution in [1.82, 2.24) is 4.98 Å². The zero-order valence-electron chi connectivity index (χ0n) is 9.25. The van der Waals surface area contributed by atoms with Crippen molar-refractivity contribution in [1.29, 1.82) is 0 Å². The second kappa shape index (κ2) is 4.30. The van der Waals surface area contributed by atoms with Crippen LogP contribution in [0.3, 0.4) is 0 Å². The molecule has 0 fully saturated rings. The first-order valence-electron chi connectivity index (χ1n) is 4.87. The number of aromatic nitrogens is 1. The summed E-state index contributed by atoms with van der Waals surface area (Å²) >= 11 is 5.92. The number of esters is 1. The average Bonchev–Trinajstić information content (AvgIpc) is 2.29.